The van der Waals surface area contributed by atoms with Crippen LogP contribution >= 0.6 is 11.8 Å². The second kappa shape index (κ2) is 14.5. The minimum absolute atomic E-state index is 0.0640. The fraction of sp³-hybridized carbons (Fsp3) is 0.379. The van der Waals surface area contributed by atoms with Crippen molar-refractivity contribution in [2.45, 2.75) is 55.0 Å². The zero-order valence-electron chi connectivity index (χ0n) is 22.8. The molecule has 2 atom stereocenters. The molecule has 14 heteroatoms. The van der Waals surface area contributed by atoms with Gasteiger partial charge in [-0.2, -0.15) is 13.9 Å². The molecule has 4 rings (SSSR count). The molecule has 0 saturated carbocycles. The van der Waals surface area contributed by atoms with Crippen LogP contribution in [0.2, 0.25) is 0 Å². The number of alkyl halides is 4. The molecule has 1 aliphatic heterocycles. The topological polar surface area (TPSA) is 78.6 Å². The van der Waals surface area contributed by atoms with Gasteiger partial charge >= 0.3 is 12.5 Å². The Morgan fingerprint density at radius 2 is 1.84 bits per heavy atom. The summed E-state index contributed by atoms with van der Waals surface area (Å²) in [6.45, 7) is 1.54. The number of halogens is 6. The lowest BCUT2D eigenvalue weighted by molar-refractivity contribution is -0.305. The Morgan fingerprint density at radius 3 is 2.47 bits per heavy atom. The summed E-state index contributed by atoms with van der Waals surface area (Å²) in [6, 6.07) is 9.29. The van der Waals surface area contributed by atoms with Gasteiger partial charge in [-0.1, -0.05) is 55.5 Å². The smallest absolute Gasteiger partial charge is 0.382 e. The Kier molecular flexibility index (Phi) is 11.1. The molecule has 2 unspecified atom stereocenters. The summed E-state index contributed by atoms with van der Waals surface area (Å²) >= 11 is 1.34. The minimum Gasteiger partial charge on any atom is -0.382 e. The molecule has 1 saturated heterocycles. The molecule has 0 radical (unpaired) electrons. The lowest BCUT2D eigenvalue weighted by Gasteiger charge is -2.37. The lowest BCUT2D eigenvalue weighted by Crippen LogP contribution is -2.43. The fourth-order valence-corrected chi connectivity index (χ4v) is 5.53. The highest BCUT2D eigenvalue weighted by Gasteiger charge is 2.42. The van der Waals surface area contributed by atoms with Crippen LogP contribution in [0.1, 0.15) is 23.6 Å². The van der Waals surface area contributed by atoms with E-state index in [1.165, 1.54) is 47.3 Å². The maximum Gasteiger partial charge on any atom is 0.416 e. The normalized spacial score (nSPS) is 20.2. The number of rotatable bonds is 13. The summed E-state index contributed by atoms with van der Waals surface area (Å²) in [7, 11) is 0. The minimum atomic E-state index is -4.50. The number of hydrogen-bond donors (Lipinski definition) is 1. The first-order valence-electron chi connectivity index (χ1n) is 13.1. The highest BCUT2D eigenvalue weighted by Crippen LogP contribution is 2.38. The van der Waals surface area contributed by atoms with Gasteiger partial charge in [-0.15, -0.1) is 11.8 Å². The molecule has 43 heavy (non-hydrogen) atoms. The fourth-order valence-electron chi connectivity index (χ4n) is 4.22. The molecule has 2 heterocycles. The molecular weight excluding hydrogens is 600 g/mol. The molecule has 232 valence electrons. The molecule has 7 nitrogen and oxygen atoms in total. The predicted octanol–water partition coefficient (Wildman–Crippen LogP) is 5.95. The zero-order valence-corrected chi connectivity index (χ0v) is 23.6. The van der Waals surface area contributed by atoms with Gasteiger partial charge in [0.05, 0.1) is 31.6 Å². The van der Waals surface area contributed by atoms with Gasteiger partial charge in [0.2, 0.25) is 0 Å². The van der Waals surface area contributed by atoms with E-state index in [9.17, 15) is 31.4 Å². The second-order valence-corrected chi connectivity index (χ2v) is 11.4. The van der Waals surface area contributed by atoms with Crippen molar-refractivity contribution in [3.8, 4) is 0 Å². The number of benzene rings is 2. The van der Waals surface area contributed by atoms with Crippen molar-refractivity contribution in [2.24, 2.45) is 0 Å². The van der Waals surface area contributed by atoms with Crippen LogP contribution in [0.5, 0.6) is 0 Å². The summed E-state index contributed by atoms with van der Waals surface area (Å²) in [5, 5.41) is 14.9. The molecule has 1 aromatic heterocycles. The van der Waals surface area contributed by atoms with E-state index in [4.69, 9.17) is 9.47 Å². The SMILES string of the molecule is CC(SC1COC(C=CC=Cc2ccc(COC(F)(F)C(F)F)cc2)OC1)C(O)(Cn1cncn1)c1ccc(F)cc1F. The van der Waals surface area contributed by atoms with E-state index in [0.717, 1.165) is 17.7 Å². The molecule has 0 amide bonds. The van der Waals surface area contributed by atoms with Gasteiger partial charge in [0, 0.05) is 16.9 Å². The average Bonchev–Trinajstić information content (AvgIpc) is 3.48. The first-order chi connectivity index (χ1) is 20.5. The average molecular weight is 630 g/mol. The molecule has 2 aromatic carbocycles. The van der Waals surface area contributed by atoms with Crippen molar-refractivity contribution < 1.29 is 45.7 Å². The maximum absolute atomic E-state index is 14.8. The Labute approximate surface area is 248 Å². The quantitative estimate of drug-likeness (QED) is 0.185. The number of nitrogens with zero attached hydrogens (tertiary/aromatic N) is 3. The van der Waals surface area contributed by atoms with E-state index in [1.807, 2.05) is 0 Å². The van der Waals surface area contributed by atoms with Gasteiger partial charge in [-0.25, -0.2) is 27.2 Å². The standard InChI is InChI=1S/C29H29F6N3O4S/c1-19(28(39,16-38-18-36-17-37-38)24-11-10-22(30)12-25(24)31)43-23-14-40-26(41-15-23)5-3-2-4-20-6-8-21(9-7-20)13-42-29(34,35)27(32)33/h2-12,17-19,23,26-27,39H,13-16H2,1H3. The van der Waals surface area contributed by atoms with Crippen molar-refractivity contribution in [2.75, 3.05) is 13.2 Å². The summed E-state index contributed by atoms with van der Waals surface area (Å²) < 4.78 is 95.4. The van der Waals surface area contributed by atoms with E-state index < -0.39 is 47.9 Å². The number of allylic oxidation sites excluding steroid dienone is 2. The van der Waals surface area contributed by atoms with Crippen LogP contribution in [-0.4, -0.2) is 62.4 Å². The van der Waals surface area contributed by atoms with Gasteiger partial charge in [-0.3, -0.25) is 0 Å². The van der Waals surface area contributed by atoms with Crippen molar-refractivity contribution in [3.63, 3.8) is 0 Å². The van der Waals surface area contributed by atoms with Crippen molar-refractivity contribution in [1.82, 2.24) is 14.8 Å². The van der Waals surface area contributed by atoms with Crippen LogP contribution in [-0.2, 0) is 33.0 Å². The highest BCUT2D eigenvalue weighted by molar-refractivity contribution is 8.00. The van der Waals surface area contributed by atoms with Gasteiger partial charge in [0.1, 0.15) is 29.9 Å². The molecule has 1 aliphatic rings. The van der Waals surface area contributed by atoms with Crippen molar-refractivity contribution in [3.05, 3.63) is 102 Å². The van der Waals surface area contributed by atoms with E-state index >= 15 is 0 Å². The number of aromatic nitrogens is 3. The maximum atomic E-state index is 14.8. The Hall–Kier alpha value is -3.17. The lowest BCUT2D eigenvalue weighted by atomic mass is 9.90. The van der Waals surface area contributed by atoms with Crippen molar-refractivity contribution in [1.29, 1.82) is 0 Å². The summed E-state index contributed by atoms with van der Waals surface area (Å²) in [5.74, 6) is -1.63. The molecule has 1 N–H and O–H groups in total. The molecule has 0 aliphatic carbocycles. The van der Waals surface area contributed by atoms with Gasteiger partial charge in [0.25, 0.3) is 0 Å². The Balaban J connectivity index is 1.28. The van der Waals surface area contributed by atoms with Gasteiger partial charge in [0.15, 0.2) is 6.29 Å². The van der Waals surface area contributed by atoms with Crippen LogP contribution < -0.4 is 0 Å². The van der Waals surface area contributed by atoms with E-state index in [0.29, 0.717) is 5.56 Å². The van der Waals surface area contributed by atoms with Gasteiger partial charge < -0.3 is 19.3 Å². The molecule has 0 bridgehead atoms. The first-order valence-corrected chi connectivity index (χ1v) is 14.0. The third-order valence-electron chi connectivity index (χ3n) is 6.56. The third kappa shape index (κ3) is 8.92. The van der Waals surface area contributed by atoms with Crippen LogP contribution in [0.4, 0.5) is 26.3 Å². The molecule has 3 aromatic rings. The predicted molar refractivity (Wildman–Crippen MR) is 147 cm³/mol. The highest BCUT2D eigenvalue weighted by atomic mass is 32.2. The summed E-state index contributed by atoms with van der Waals surface area (Å²) in [5.41, 5.74) is -0.759. The largest absolute Gasteiger partial charge is 0.416 e. The summed E-state index contributed by atoms with van der Waals surface area (Å²) in [4.78, 5) is 3.87. The number of hydrogen-bond acceptors (Lipinski definition) is 7. The molecular formula is C29H29F6N3O4S. The first kappa shape index (κ1) is 32.7. The van der Waals surface area contributed by atoms with E-state index in [2.05, 4.69) is 14.8 Å². The van der Waals surface area contributed by atoms with E-state index in [1.54, 1.807) is 43.4 Å². The molecule has 0 spiro atoms. The molecule has 1 fully saturated rings. The van der Waals surface area contributed by atoms with Crippen LogP contribution in [0.25, 0.3) is 6.08 Å². The third-order valence-corrected chi connectivity index (χ3v) is 8.02. The van der Waals surface area contributed by atoms with Crippen LogP contribution in [0, 0.1) is 11.6 Å². The van der Waals surface area contributed by atoms with Crippen LogP contribution in [0.3, 0.4) is 0 Å². The second-order valence-electron chi connectivity index (χ2n) is 9.71. The Bertz CT molecular complexity index is 1370. The zero-order chi connectivity index (χ0) is 31.0. The number of thioether (sulfide) groups is 1. The number of aliphatic hydroxyl groups is 1. The monoisotopic (exact) mass is 629 g/mol. The summed E-state index contributed by atoms with van der Waals surface area (Å²) in [6.07, 6.45) is 0.503. The van der Waals surface area contributed by atoms with Gasteiger partial charge in [-0.05, 0) is 23.3 Å². The number of ether oxygens (including phenoxy) is 3. The van der Waals surface area contributed by atoms with Crippen LogP contribution in [0.15, 0.2) is 73.3 Å². The van der Waals surface area contributed by atoms with E-state index in [-0.39, 0.29) is 30.6 Å². The Morgan fingerprint density at radius 1 is 1.12 bits per heavy atom. The van der Waals surface area contributed by atoms with Crippen molar-refractivity contribution >= 4 is 17.8 Å².